The van der Waals surface area contributed by atoms with E-state index >= 15 is 0 Å². The predicted octanol–water partition coefficient (Wildman–Crippen LogP) is 2.60. The molecule has 1 atom stereocenters. The number of fused-ring (bicyclic) bond motifs is 1. The Bertz CT molecular complexity index is 723. The van der Waals surface area contributed by atoms with Crippen LogP contribution in [0.15, 0.2) is 18.5 Å². The standard InChI is InChI=1S/C17H23N5OS.ClH/c1-12-3-4-13-14(11-12)24-16(20-13)21-15(23)17(5-8-18-9-6-17)22-10-2-7-19-22;/h2,7,10,12,18H,3-6,8-9,11H2,1H3,(H,20,21,23);1H. The number of anilines is 1. The van der Waals surface area contributed by atoms with Gasteiger partial charge in [-0.2, -0.15) is 5.10 Å². The SMILES string of the molecule is CC1CCc2nc(NC(=O)C3(n4cccn4)CCNCC3)sc2C1.Cl. The van der Waals surface area contributed by atoms with Gasteiger partial charge in [0.05, 0.1) is 5.69 Å². The first kappa shape index (κ1) is 18.4. The normalized spacial score (nSPS) is 21.9. The molecule has 136 valence electrons. The number of thiazole rings is 1. The van der Waals surface area contributed by atoms with Gasteiger partial charge in [0.2, 0.25) is 0 Å². The summed E-state index contributed by atoms with van der Waals surface area (Å²) in [6.45, 7) is 3.92. The molecule has 8 heteroatoms. The minimum absolute atomic E-state index is 0. The first-order valence-corrected chi connectivity index (χ1v) is 9.50. The average Bonchev–Trinajstić information content (AvgIpc) is 3.24. The zero-order valence-electron chi connectivity index (χ0n) is 14.3. The van der Waals surface area contributed by atoms with Crippen molar-refractivity contribution in [1.82, 2.24) is 20.1 Å². The summed E-state index contributed by atoms with van der Waals surface area (Å²) < 4.78 is 1.82. The number of aryl methyl sites for hydroxylation is 1. The second kappa shape index (κ2) is 7.43. The van der Waals surface area contributed by atoms with Crippen LogP contribution in [0, 0.1) is 5.92 Å². The van der Waals surface area contributed by atoms with Gasteiger partial charge in [-0.25, -0.2) is 4.98 Å². The van der Waals surface area contributed by atoms with Gasteiger partial charge < -0.3 is 5.32 Å². The van der Waals surface area contributed by atoms with Crippen LogP contribution in [0.2, 0.25) is 0 Å². The fourth-order valence-electron chi connectivity index (χ4n) is 3.73. The van der Waals surface area contributed by atoms with Crippen LogP contribution >= 0.6 is 23.7 Å². The molecule has 2 aromatic heterocycles. The number of rotatable bonds is 3. The first-order valence-electron chi connectivity index (χ1n) is 8.68. The van der Waals surface area contributed by atoms with Gasteiger partial charge in [-0.05, 0) is 57.2 Å². The van der Waals surface area contributed by atoms with Gasteiger partial charge in [0.15, 0.2) is 5.13 Å². The van der Waals surface area contributed by atoms with Crippen molar-refractivity contribution >= 4 is 34.8 Å². The highest BCUT2D eigenvalue weighted by Crippen LogP contribution is 2.34. The van der Waals surface area contributed by atoms with Crippen molar-refractivity contribution in [3.05, 3.63) is 29.0 Å². The average molecular weight is 382 g/mol. The summed E-state index contributed by atoms with van der Waals surface area (Å²) in [5, 5.41) is 11.5. The molecule has 0 aromatic carbocycles. The fraction of sp³-hybridized carbons (Fsp3) is 0.588. The highest BCUT2D eigenvalue weighted by molar-refractivity contribution is 7.15. The monoisotopic (exact) mass is 381 g/mol. The minimum Gasteiger partial charge on any atom is -0.317 e. The summed E-state index contributed by atoms with van der Waals surface area (Å²) in [5.74, 6) is 0.716. The Hall–Kier alpha value is -1.44. The number of aromatic nitrogens is 3. The van der Waals surface area contributed by atoms with Crippen LogP contribution in [0.5, 0.6) is 0 Å². The van der Waals surface area contributed by atoms with Crippen LogP contribution in [-0.2, 0) is 23.2 Å². The van der Waals surface area contributed by atoms with Crippen molar-refractivity contribution in [1.29, 1.82) is 0 Å². The van der Waals surface area contributed by atoms with E-state index in [1.165, 1.54) is 17.0 Å². The van der Waals surface area contributed by atoms with Crippen LogP contribution in [0.25, 0.3) is 0 Å². The van der Waals surface area contributed by atoms with E-state index in [9.17, 15) is 4.79 Å². The molecule has 2 aromatic rings. The molecule has 4 rings (SSSR count). The zero-order chi connectivity index (χ0) is 16.6. The number of hydrogen-bond donors (Lipinski definition) is 2. The number of piperidine rings is 1. The molecule has 1 fully saturated rings. The topological polar surface area (TPSA) is 71.8 Å². The lowest BCUT2D eigenvalue weighted by Crippen LogP contribution is -2.52. The molecule has 1 unspecified atom stereocenters. The molecule has 25 heavy (non-hydrogen) atoms. The molecule has 0 spiro atoms. The Balaban J connectivity index is 0.00000182. The third-order valence-electron chi connectivity index (χ3n) is 5.20. The number of halogens is 1. The van der Waals surface area contributed by atoms with Crippen LogP contribution in [0.3, 0.4) is 0 Å². The largest absolute Gasteiger partial charge is 0.317 e. The maximum Gasteiger partial charge on any atom is 0.254 e. The lowest BCUT2D eigenvalue weighted by molar-refractivity contribution is -0.126. The van der Waals surface area contributed by atoms with Gasteiger partial charge in [0.1, 0.15) is 5.54 Å². The number of amides is 1. The summed E-state index contributed by atoms with van der Waals surface area (Å²) in [4.78, 5) is 19.1. The van der Waals surface area contributed by atoms with E-state index in [0.29, 0.717) is 5.92 Å². The van der Waals surface area contributed by atoms with Crippen molar-refractivity contribution in [2.24, 2.45) is 5.92 Å². The Morgan fingerprint density at radius 1 is 1.44 bits per heavy atom. The summed E-state index contributed by atoms with van der Waals surface area (Å²) in [5.41, 5.74) is 0.556. The molecule has 3 heterocycles. The molecule has 0 bridgehead atoms. The third-order valence-corrected chi connectivity index (χ3v) is 6.24. The van der Waals surface area contributed by atoms with Crippen molar-refractivity contribution in [3.8, 4) is 0 Å². The molecule has 6 nitrogen and oxygen atoms in total. The number of hydrogen-bond acceptors (Lipinski definition) is 5. The number of nitrogens with one attached hydrogen (secondary N) is 2. The van der Waals surface area contributed by atoms with E-state index in [0.717, 1.165) is 43.9 Å². The second-order valence-electron chi connectivity index (χ2n) is 6.92. The highest BCUT2D eigenvalue weighted by Gasteiger charge is 2.42. The van der Waals surface area contributed by atoms with E-state index in [-0.39, 0.29) is 18.3 Å². The molecular weight excluding hydrogens is 358 g/mol. The highest BCUT2D eigenvalue weighted by atomic mass is 35.5. The summed E-state index contributed by atoms with van der Waals surface area (Å²) in [6.07, 6.45) is 8.40. The Labute approximate surface area is 157 Å². The van der Waals surface area contributed by atoms with Gasteiger partial charge in [-0.1, -0.05) is 6.92 Å². The minimum atomic E-state index is -0.617. The van der Waals surface area contributed by atoms with Crippen molar-refractivity contribution < 1.29 is 4.79 Å². The van der Waals surface area contributed by atoms with E-state index in [2.05, 4.69) is 27.6 Å². The van der Waals surface area contributed by atoms with E-state index in [1.54, 1.807) is 17.5 Å². The van der Waals surface area contributed by atoms with Gasteiger partial charge in [-0.3, -0.25) is 14.8 Å². The Kier molecular flexibility index (Phi) is 5.46. The van der Waals surface area contributed by atoms with Crippen molar-refractivity contribution in [2.75, 3.05) is 18.4 Å². The van der Waals surface area contributed by atoms with Crippen molar-refractivity contribution in [3.63, 3.8) is 0 Å². The number of carbonyl (C=O) groups excluding carboxylic acids is 1. The van der Waals surface area contributed by atoms with Crippen LogP contribution in [0.1, 0.15) is 36.8 Å². The lowest BCUT2D eigenvalue weighted by atomic mass is 9.87. The summed E-state index contributed by atoms with van der Waals surface area (Å²) in [6, 6.07) is 1.88. The maximum absolute atomic E-state index is 13.1. The smallest absolute Gasteiger partial charge is 0.254 e. The van der Waals surface area contributed by atoms with Crippen LogP contribution in [0.4, 0.5) is 5.13 Å². The molecule has 0 radical (unpaired) electrons. The maximum atomic E-state index is 13.1. The molecule has 2 N–H and O–H groups in total. The Morgan fingerprint density at radius 2 is 2.24 bits per heavy atom. The first-order chi connectivity index (χ1) is 11.7. The van der Waals surface area contributed by atoms with E-state index in [4.69, 9.17) is 0 Å². The molecule has 1 amide bonds. The second-order valence-corrected chi connectivity index (χ2v) is 8.01. The van der Waals surface area contributed by atoms with E-state index < -0.39 is 5.54 Å². The van der Waals surface area contributed by atoms with Gasteiger partial charge >= 0.3 is 0 Å². The predicted molar refractivity (Wildman–Crippen MR) is 101 cm³/mol. The molecule has 1 saturated heterocycles. The fourth-order valence-corrected chi connectivity index (χ4v) is 4.90. The van der Waals surface area contributed by atoms with Gasteiger partial charge in [0, 0.05) is 17.3 Å². The van der Waals surface area contributed by atoms with Crippen LogP contribution < -0.4 is 10.6 Å². The quantitative estimate of drug-likeness (QED) is 0.857. The van der Waals surface area contributed by atoms with Crippen molar-refractivity contribution in [2.45, 2.75) is 44.6 Å². The number of nitrogens with zero attached hydrogens (tertiary/aromatic N) is 3. The van der Waals surface area contributed by atoms with E-state index in [1.807, 2.05) is 16.9 Å². The molecule has 1 aliphatic heterocycles. The summed E-state index contributed by atoms with van der Waals surface area (Å²) >= 11 is 1.64. The summed E-state index contributed by atoms with van der Waals surface area (Å²) in [7, 11) is 0. The Morgan fingerprint density at radius 3 is 2.96 bits per heavy atom. The van der Waals surface area contributed by atoms with Crippen LogP contribution in [-0.4, -0.2) is 33.8 Å². The third kappa shape index (κ3) is 3.45. The van der Waals surface area contributed by atoms with Gasteiger partial charge in [0.25, 0.3) is 5.91 Å². The van der Waals surface area contributed by atoms with Gasteiger partial charge in [-0.15, -0.1) is 23.7 Å². The molecule has 1 aliphatic carbocycles. The number of carbonyl (C=O) groups is 1. The zero-order valence-corrected chi connectivity index (χ0v) is 16.0. The molecular formula is C17H24ClN5OS. The molecule has 0 saturated carbocycles. The lowest BCUT2D eigenvalue weighted by Gasteiger charge is -2.36. The molecule has 2 aliphatic rings.